The number of hydrogen-bond donors (Lipinski definition) is 0. The van der Waals surface area contributed by atoms with E-state index in [9.17, 15) is 4.79 Å². The Bertz CT molecular complexity index is 822. The molecule has 5 atom stereocenters. The molecule has 4 nitrogen and oxygen atoms in total. The Hall–Kier alpha value is -0.176. The van der Waals surface area contributed by atoms with E-state index in [1.807, 2.05) is 0 Å². The second kappa shape index (κ2) is 11.2. The van der Waals surface area contributed by atoms with E-state index in [4.69, 9.17) is 13.6 Å². The Balaban J connectivity index is 2.40. The van der Waals surface area contributed by atoms with Crippen LogP contribution in [0.15, 0.2) is 0 Å². The number of fused-ring (bicyclic) bond motifs is 1. The summed E-state index contributed by atoms with van der Waals surface area (Å²) in [5, 5.41) is 0.254. The molecule has 0 unspecified atom stereocenters. The van der Waals surface area contributed by atoms with E-state index in [0.717, 1.165) is 19.3 Å². The third kappa shape index (κ3) is 6.82. The molecule has 38 heavy (non-hydrogen) atoms. The quantitative estimate of drug-likeness (QED) is 0.194. The van der Waals surface area contributed by atoms with Crippen LogP contribution < -0.4 is 0 Å². The monoisotopic (exact) mass is 568 g/mol. The van der Waals surface area contributed by atoms with E-state index in [1.54, 1.807) is 6.92 Å². The zero-order valence-corrected chi connectivity index (χ0v) is 30.0. The van der Waals surface area contributed by atoms with Gasteiger partial charge in [0.2, 0.25) is 0 Å². The Morgan fingerprint density at radius 2 is 1.42 bits per heavy atom. The molecule has 2 rings (SSSR count). The maximum atomic E-state index is 12.5. The van der Waals surface area contributed by atoms with Gasteiger partial charge in [-0.2, -0.15) is 0 Å². The molecule has 2 saturated carbocycles. The molecule has 0 aromatic rings. The van der Waals surface area contributed by atoms with E-state index in [1.165, 1.54) is 32.1 Å². The standard InChI is InChI=1S/C32H64O4Si2/c1-24(32(34-25(2)33)23-21-26-18-16-17-22-31(26,32)11)19-20-27(35-37(12,13)28(3,4)5)30(9,10)36-38(14,15)29(6,7)8/h24,26-27H,16-23H2,1-15H3/t24-,26-,27-,31+,32+/m0/s1. The molecule has 6 heteroatoms. The van der Waals surface area contributed by atoms with Gasteiger partial charge in [0, 0.05) is 12.3 Å². The summed E-state index contributed by atoms with van der Waals surface area (Å²) < 4.78 is 20.8. The fraction of sp³-hybridized carbons (Fsp3) is 0.969. The summed E-state index contributed by atoms with van der Waals surface area (Å²) in [6, 6.07) is 0. The highest BCUT2D eigenvalue weighted by molar-refractivity contribution is 6.74. The first-order valence-corrected chi connectivity index (χ1v) is 21.3. The molecule has 0 N–H and O–H groups in total. The highest BCUT2D eigenvalue weighted by Crippen LogP contribution is 2.62. The number of ether oxygens (including phenoxy) is 1. The summed E-state index contributed by atoms with van der Waals surface area (Å²) in [6.07, 6.45) is 9.05. The average Bonchev–Trinajstić information content (AvgIpc) is 3.00. The summed E-state index contributed by atoms with van der Waals surface area (Å²) in [5.41, 5.74) is -0.713. The van der Waals surface area contributed by atoms with E-state index >= 15 is 0 Å². The van der Waals surface area contributed by atoms with Gasteiger partial charge in [-0.3, -0.25) is 4.79 Å². The van der Waals surface area contributed by atoms with Crippen LogP contribution in [0.1, 0.15) is 128 Å². The molecule has 2 fully saturated rings. The summed E-state index contributed by atoms with van der Waals surface area (Å²) >= 11 is 0. The SMILES string of the molecule is CC(=O)O[C@@]1([C@@H](C)CC[C@H](O[Si](C)(C)C(C)(C)C)C(C)(C)O[Si](C)(C)C(C)(C)C)CC[C@@H]2CCCC[C@]21C. The van der Waals surface area contributed by atoms with Crippen molar-refractivity contribution in [2.75, 3.05) is 0 Å². The van der Waals surface area contributed by atoms with Gasteiger partial charge < -0.3 is 13.6 Å². The lowest BCUT2D eigenvalue weighted by Crippen LogP contribution is -2.57. The van der Waals surface area contributed by atoms with Crippen molar-refractivity contribution in [2.45, 2.75) is 181 Å². The first kappa shape index (κ1) is 34.0. The van der Waals surface area contributed by atoms with Crippen molar-refractivity contribution in [3.63, 3.8) is 0 Å². The Labute approximate surface area is 239 Å². The smallest absolute Gasteiger partial charge is 0.303 e. The van der Waals surface area contributed by atoms with Gasteiger partial charge in [-0.25, -0.2) is 0 Å². The van der Waals surface area contributed by atoms with Crippen molar-refractivity contribution >= 4 is 22.6 Å². The fourth-order valence-electron chi connectivity index (χ4n) is 7.03. The molecule has 0 saturated heterocycles. The number of hydrogen-bond acceptors (Lipinski definition) is 4. The summed E-state index contributed by atoms with van der Waals surface area (Å²) in [4.78, 5) is 12.5. The lowest BCUT2D eigenvalue weighted by molar-refractivity contribution is -0.188. The van der Waals surface area contributed by atoms with Crippen LogP contribution in [0.2, 0.25) is 36.3 Å². The van der Waals surface area contributed by atoms with Crippen molar-refractivity contribution in [1.29, 1.82) is 0 Å². The molecule has 2 aliphatic carbocycles. The highest BCUT2D eigenvalue weighted by atomic mass is 28.4. The molecular formula is C32H64O4Si2. The maximum absolute atomic E-state index is 12.5. The molecule has 0 bridgehead atoms. The van der Waals surface area contributed by atoms with Crippen molar-refractivity contribution in [3.05, 3.63) is 0 Å². The minimum absolute atomic E-state index is 0.00860. The molecule has 0 heterocycles. The minimum Gasteiger partial charge on any atom is -0.458 e. The normalized spacial score (nSPS) is 29.1. The van der Waals surface area contributed by atoms with Crippen molar-refractivity contribution in [1.82, 2.24) is 0 Å². The molecule has 0 aromatic carbocycles. The Kier molecular flexibility index (Phi) is 10.1. The molecule has 0 spiro atoms. The fourth-order valence-corrected chi connectivity index (χ4v) is 10.2. The van der Waals surface area contributed by atoms with Gasteiger partial charge in [0.1, 0.15) is 5.60 Å². The van der Waals surface area contributed by atoms with Crippen LogP contribution >= 0.6 is 0 Å². The summed E-state index contributed by atoms with van der Waals surface area (Å²) in [7, 11) is -4.05. The van der Waals surface area contributed by atoms with E-state index in [2.05, 4.69) is 95.4 Å². The lowest BCUT2D eigenvalue weighted by atomic mass is 9.59. The van der Waals surface area contributed by atoms with Gasteiger partial charge in [0.25, 0.3) is 0 Å². The lowest BCUT2D eigenvalue weighted by Gasteiger charge is -2.52. The van der Waals surface area contributed by atoms with Gasteiger partial charge in [-0.1, -0.05) is 68.2 Å². The third-order valence-electron chi connectivity index (χ3n) is 11.6. The van der Waals surface area contributed by atoms with Crippen LogP contribution in [-0.4, -0.2) is 39.9 Å². The van der Waals surface area contributed by atoms with Crippen molar-refractivity contribution in [2.24, 2.45) is 17.3 Å². The van der Waals surface area contributed by atoms with Crippen LogP contribution in [0.3, 0.4) is 0 Å². The molecule has 224 valence electrons. The number of carbonyl (C=O) groups is 1. The third-order valence-corrected chi connectivity index (χ3v) is 20.7. The first-order chi connectivity index (χ1) is 16.9. The van der Waals surface area contributed by atoms with Crippen LogP contribution in [0.5, 0.6) is 0 Å². The Morgan fingerprint density at radius 3 is 1.92 bits per heavy atom. The molecule has 2 aliphatic rings. The van der Waals surface area contributed by atoms with E-state index < -0.39 is 22.2 Å². The molecule has 0 radical (unpaired) electrons. The highest BCUT2D eigenvalue weighted by Gasteiger charge is 2.62. The predicted octanol–water partition coefficient (Wildman–Crippen LogP) is 9.89. The van der Waals surface area contributed by atoms with Gasteiger partial charge in [-0.05, 0) is 100 Å². The zero-order valence-electron chi connectivity index (χ0n) is 28.0. The van der Waals surface area contributed by atoms with Crippen LogP contribution in [0.25, 0.3) is 0 Å². The zero-order chi connectivity index (χ0) is 29.6. The number of rotatable bonds is 10. The largest absolute Gasteiger partial charge is 0.458 e. The minimum atomic E-state index is -2.04. The second-order valence-electron chi connectivity index (χ2n) is 16.7. The second-order valence-corrected chi connectivity index (χ2v) is 26.2. The average molecular weight is 569 g/mol. The van der Waals surface area contributed by atoms with Gasteiger partial charge in [-0.15, -0.1) is 0 Å². The number of esters is 1. The van der Waals surface area contributed by atoms with E-state index in [0.29, 0.717) is 5.92 Å². The van der Waals surface area contributed by atoms with Crippen LogP contribution in [0.4, 0.5) is 0 Å². The van der Waals surface area contributed by atoms with Crippen molar-refractivity contribution in [3.8, 4) is 0 Å². The summed E-state index contributed by atoms with van der Waals surface area (Å²) in [5.74, 6) is 0.810. The van der Waals surface area contributed by atoms with Crippen LogP contribution in [0, 0.1) is 17.3 Å². The molecule has 0 amide bonds. The maximum Gasteiger partial charge on any atom is 0.303 e. The first-order valence-electron chi connectivity index (χ1n) is 15.5. The summed E-state index contributed by atoms with van der Waals surface area (Å²) in [6.45, 7) is 34.2. The number of carbonyl (C=O) groups excluding carboxylic acids is 1. The molecular weight excluding hydrogens is 505 g/mol. The Morgan fingerprint density at radius 1 is 0.868 bits per heavy atom. The molecule has 0 aliphatic heterocycles. The van der Waals surface area contributed by atoms with Gasteiger partial charge in [0.05, 0.1) is 11.7 Å². The topological polar surface area (TPSA) is 44.8 Å². The van der Waals surface area contributed by atoms with Crippen molar-refractivity contribution < 1.29 is 18.4 Å². The van der Waals surface area contributed by atoms with Crippen LogP contribution in [-0.2, 0) is 18.4 Å². The van der Waals surface area contributed by atoms with E-state index in [-0.39, 0.29) is 39.1 Å². The van der Waals surface area contributed by atoms with Gasteiger partial charge in [0.15, 0.2) is 16.6 Å². The predicted molar refractivity (Wildman–Crippen MR) is 167 cm³/mol. The molecule has 0 aromatic heterocycles. The van der Waals surface area contributed by atoms with Gasteiger partial charge >= 0.3 is 5.97 Å².